The fourth-order valence-corrected chi connectivity index (χ4v) is 1.11. The van der Waals surface area contributed by atoms with E-state index in [0.717, 1.165) is 5.76 Å². The fraction of sp³-hybridized carbons (Fsp3) is 0.750. The lowest BCUT2D eigenvalue weighted by atomic mass is 10.2. The third-order valence-corrected chi connectivity index (χ3v) is 1.62. The highest BCUT2D eigenvalue weighted by atomic mass is 16.6. The van der Waals surface area contributed by atoms with Gasteiger partial charge in [0.25, 0.3) is 0 Å². The predicted octanol–water partition coefficient (Wildman–Crippen LogP) is 2.80. The first kappa shape index (κ1) is 12.1. The molecule has 0 bridgehead atoms. The molecule has 1 aliphatic carbocycles. The van der Waals surface area contributed by atoms with Gasteiger partial charge in [0.05, 0.1) is 5.57 Å². The van der Waals surface area contributed by atoms with E-state index in [2.05, 4.69) is 0 Å². The Morgan fingerprint density at radius 2 is 1.60 bits per heavy atom. The van der Waals surface area contributed by atoms with Crippen molar-refractivity contribution in [3.63, 3.8) is 0 Å². The maximum Gasteiger partial charge on any atom is 0.338 e. The molecular formula is C12H20O3. The number of carbonyl (C=O) groups is 1. The molecule has 0 fully saturated rings. The number of allylic oxidation sites excluding steroid dienone is 1. The van der Waals surface area contributed by atoms with Crippen molar-refractivity contribution in [3.8, 4) is 0 Å². The van der Waals surface area contributed by atoms with Crippen LogP contribution < -0.4 is 0 Å². The molecule has 1 rings (SSSR count). The molecular weight excluding hydrogens is 192 g/mol. The normalized spacial score (nSPS) is 16.4. The molecule has 0 aromatic heterocycles. The molecule has 1 aliphatic rings. The number of ether oxygens (including phenoxy) is 2. The molecule has 86 valence electrons. The summed E-state index contributed by atoms with van der Waals surface area (Å²) in [5.74, 6) is 0.526. The highest BCUT2D eigenvalue weighted by Gasteiger charge is 2.36. The van der Waals surface area contributed by atoms with Crippen LogP contribution in [0.2, 0.25) is 0 Å². The average Bonchev–Trinajstić information content (AvgIpc) is 2.58. The van der Waals surface area contributed by atoms with Crippen molar-refractivity contribution in [3.05, 3.63) is 11.3 Å². The minimum absolute atomic E-state index is 0.237. The van der Waals surface area contributed by atoms with Crippen LogP contribution in [0.4, 0.5) is 0 Å². The van der Waals surface area contributed by atoms with Crippen molar-refractivity contribution in [2.75, 3.05) is 0 Å². The number of carbonyl (C=O) groups excluding carboxylic acids is 1. The Bertz CT molecular complexity index is 280. The molecule has 0 radical (unpaired) electrons. The van der Waals surface area contributed by atoms with Gasteiger partial charge in [-0.25, -0.2) is 4.79 Å². The van der Waals surface area contributed by atoms with E-state index in [4.69, 9.17) is 9.47 Å². The van der Waals surface area contributed by atoms with Gasteiger partial charge in [0.15, 0.2) is 0 Å². The van der Waals surface area contributed by atoms with E-state index < -0.39 is 5.60 Å². The van der Waals surface area contributed by atoms with Crippen molar-refractivity contribution in [1.82, 2.24) is 0 Å². The molecule has 0 unspecified atom stereocenters. The number of rotatable bonds is 2. The molecule has 0 aromatic carbocycles. The largest absolute Gasteiger partial charge is 0.492 e. The second-order valence-corrected chi connectivity index (χ2v) is 5.79. The van der Waals surface area contributed by atoms with Gasteiger partial charge in [0, 0.05) is 6.42 Å². The summed E-state index contributed by atoms with van der Waals surface area (Å²) in [6.45, 7) is 11.5. The van der Waals surface area contributed by atoms with Crippen molar-refractivity contribution in [2.24, 2.45) is 0 Å². The zero-order chi connectivity index (χ0) is 11.9. The molecule has 0 saturated heterocycles. The molecule has 3 heteroatoms. The van der Waals surface area contributed by atoms with Crippen molar-refractivity contribution >= 4 is 5.97 Å². The van der Waals surface area contributed by atoms with Gasteiger partial charge in [0.2, 0.25) is 0 Å². The minimum Gasteiger partial charge on any atom is -0.492 e. The molecule has 0 heterocycles. The summed E-state index contributed by atoms with van der Waals surface area (Å²) in [6.07, 6.45) is 0.631. The first-order chi connectivity index (χ1) is 6.58. The average molecular weight is 212 g/mol. The van der Waals surface area contributed by atoms with Gasteiger partial charge in [-0.15, -0.1) is 0 Å². The van der Waals surface area contributed by atoms with Crippen LogP contribution in [0.1, 0.15) is 48.0 Å². The zero-order valence-electron chi connectivity index (χ0n) is 10.4. The topological polar surface area (TPSA) is 35.5 Å². The Morgan fingerprint density at radius 1 is 1.07 bits per heavy atom. The summed E-state index contributed by atoms with van der Waals surface area (Å²) in [6, 6.07) is 0. The van der Waals surface area contributed by atoms with Crippen LogP contribution in [0.25, 0.3) is 0 Å². The van der Waals surface area contributed by atoms with E-state index in [9.17, 15) is 4.79 Å². The highest BCUT2D eigenvalue weighted by molar-refractivity contribution is 5.94. The van der Waals surface area contributed by atoms with Gasteiger partial charge in [-0.05, 0) is 41.5 Å². The van der Waals surface area contributed by atoms with Gasteiger partial charge in [-0.1, -0.05) is 0 Å². The lowest BCUT2D eigenvalue weighted by molar-refractivity contribution is -0.149. The van der Waals surface area contributed by atoms with Crippen molar-refractivity contribution in [2.45, 2.75) is 59.2 Å². The maximum absolute atomic E-state index is 11.6. The zero-order valence-corrected chi connectivity index (χ0v) is 10.4. The van der Waals surface area contributed by atoms with E-state index in [-0.39, 0.29) is 11.6 Å². The van der Waals surface area contributed by atoms with E-state index in [0.29, 0.717) is 12.0 Å². The lowest BCUT2D eigenvalue weighted by Gasteiger charge is -2.19. The van der Waals surface area contributed by atoms with Crippen LogP contribution in [0.5, 0.6) is 0 Å². The van der Waals surface area contributed by atoms with Gasteiger partial charge in [-0.2, -0.15) is 0 Å². The Balaban J connectivity index is 2.52. The van der Waals surface area contributed by atoms with Crippen LogP contribution in [0.3, 0.4) is 0 Å². The first-order valence-electron chi connectivity index (χ1n) is 5.23. The van der Waals surface area contributed by atoms with Crippen molar-refractivity contribution < 1.29 is 14.3 Å². The summed E-state index contributed by atoms with van der Waals surface area (Å²) in [7, 11) is 0. The Labute approximate surface area is 91.4 Å². The standard InChI is InChI=1S/C12H20O3/c1-11(2,3)14-9-7-8(9)10(13)15-12(4,5)6/h7H2,1-6H3. The maximum atomic E-state index is 11.6. The highest BCUT2D eigenvalue weighted by Crippen LogP contribution is 2.36. The molecule has 0 aromatic rings. The molecule has 3 nitrogen and oxygen atoms in total. The molecule has 0 aliphatic heterocycles. The molecule has 0 saturated carbocycles. The number of esters is 1. The smallest absolute Gasteiger partial charge is 0.338 e. The molecule has 0 spiro atoms. The number of hydrogen-bond acceptors (Lipinski definition) is 3. The predicted molar refractivity (Wildman–Crippen MR) is 58.3 cm³/mol. The fourth-order valence-electron chi connectivity index (χ4n) is 1.11. The molecule has 15 heavy (non-hydrogen) atoms. The van der Waals surface area contributed by atoms with Gasteiger partial charge in [-0.3, -0.25) is 0 Å². The van der Waals surface area contributed by atoms with E-state index >= 15 is 0 Å². The van der Waals surface area contributed by atoms with Gasteiger partial charge < -0.3 is 9.47 Å². The third-order valence-electron chi connectivity index (χ3n) is 1.62. The van der Waals surface area contributed by atoms with E-state index in [1.54, 1.807) is 0 Å². The van der Waals surface area contributed by atoms with Crippen LogP contribution in [0.15, 0.2) is 11.3 Å². The quantitative estimate of drug-likeness (QED) is 0.660. The van der Waals surface area contributed by atoms with Crippen molar-refractivity contribution in [1.29, 1.82) is 0 Å². The van der Waals surface area contributed by atoms with Gasteiger partial charge >= 0.3 is 5.97 Å². The molecule has 0 atom stereocenters. The third kappa shape index (κ3) is 4.36. The Kier molecular flexibility index (Phi) is 2.85. The Morgan fingerprint density at radius 3 is 2.00 bits per heavy atom. The summed E-state index contributed by atoms with van der Waals surface area (Å²) >= 11 is 0. The van der Waals surface area contributed by atoms with Crippen LogP contribution in [-0.2, 0) is 14.3 Å². The SMILES string of the molecule is CC(C)(C)OC(=O)C1=C(OC(C)(C)C)C1. The van der Waals surface area contributed by atoms with Crippen LogP contribution in [0, 0.1) is 0 Å². The number of hydrogen-bond donors (Lipinski definition) is 0. The molecule has 0 N–H and O–H groups in total. The second-order valence-electron chi connectivity index (χ2n) is 5.79. The van der Waals surface area contributed by atoms with Crippen LogP contribution >= 0.6 is 0 Å². The van der Waals surface area contributed by atoms with Crippen LogP contribution in [-0.4, -0.2) is 17.2 Å². The van der Waals surface area contributed by atoms with E-state index in [1.165, 1.54) is 0 Å². The monoisotopic (exact) mass is 212 g/mol. The summed E-state index contributed by atoms with van der Waals surface area (Å²) < 4.78 is 10.8. The summed E-state index contributed by atoms with van der Waals surface area (Å²) in [5, 5.41) is 0. The lowest BCUT2D eigenvalue weighted by Crippen LogP contribution is -2.23. The van der Waals surface area contributed by atoms with E-state index in [1.807, 2.05) is 41.5 Å². The first-order valence-corrected chi connectivity index (χ1v) is 5.23. The Hall–Kier alpha value is -0.990. The summed E-state index contributed by atoms with van der Waals surface area (Å²) in [4.78, 5) is 11.6. The molecule has 0 amide bonds. The minimum atomic E-state index is -0.431. The summed E-state index contributed by atoms with van der Waals surface area (Å²) in [5.41, 5.74) is 0.0124. The van der Waals surface area contributed by atoms with Gasteiger partial charge in [0.1, 0.15) is 17.0 Å². The second kappa shape index (κ2) is 3.54.